The summed E-state index contributed by atoms with van der Waals surface area (Å²) in [7, 11) is 0. The van der Waals surface area contributed by atoms with Gasteiger partial charge in [0.2, 0.25) is 0 Å². The third-order valence-electron chi connectivity index (χ3n) is 2.86. The minimum atomic E-state index is -0.784. The molecule has 104 valence electrons. The predicted octanol–water partition coefficient (Wildman–Crippen LogP) is 2.33. The maximum Gasteiger partial charge on any atom is 0.127 e. The molecule has 0 bridgehead atoms. The van der Waals surface area contributed by atoms with E-state index < -0.39 is 12.2 Å². The van der Waals surface area contributed by atoms with E-state index in [9.17, 15) is 10.2 Å². The van der Waals surface area contributed by atoms with Gasteiger partial charge in [0.15, 0.2) is 0 Å². The fourth-order valence-electron chi connectivity index (χ4n) is 1.74. The van der Waals surface area contributed by atoms with Crippen molar-refractivity contribution in [1.82, 2.24) is 0 Å². The molecule has 0 heterocycles. The summed E-state index contributed by atoms with van der Waals surface area (Å²) in [5.74, 6) is 6.61. The summed E-state index contributed by atoms with van der Waals surface area (Å²) >= 11 is 0. The van der Waals surface area contributed by atoms with Gasteiger partial charge in [0.05, 0.1) is 0 Å². The number of rotatable bonds is 2. The highest BCUT2D eigenvalue weighted by Crippen LogP contribution is 2.16. The van der Waals surface area contributed by atoms with E-state index >= 15 is 0 Å². The zero-order valence-corrected chi connectivity index (χ0v) is 11.4. The Balaban J connectivity index is 2.12. The number of ether oxygens (including phenoxy) is 1. The number of aliphatic hydroxyl groups excluding tert-OH is 2. The number of aliphatic hydroxyl groups is 2. The highest BCUT2D eigenvalue weighted by Gasteiger charge is 2.04. The second-order valence-electron chi connectivity index (χ2n) is 4.72. The molecule has 1 aliphatic rings. The maximum absolute atomic E-state index is 9.66. The van der Waals surface area contributed by atoms with Gasteiger partial charge in [-0.1, -0.05) is 35.6 Å². The molecule has 0 fully saturated rings. The van der Waals surface area contributed by atoms with Gasteiger partial charge in [-0.3, -0.25) is 0 Å². The molecule has 1 aromatic carbocycles. The van der Waals surface area contributed by atoms with Crippen molar-refractivity contribution in [2.24, 2.45) is 0 Å². The number of benzene rings is 1. The molecule has 0 spiro atoms. The van der Waals surface area contributed by atoms with Crippen LogP contribution in [0, 0.1) is 18.8 Å². The lowest BCUT2D eigenvalue weighted by atomic mass is 10.1. The summed E-state index contributed by atoms with van der Waals surface area (Å²) in [6, 6.07) is 7.75. The Labute approximate surface area is 119 Å². The second kappa shape index (κ2) is 6.95. The van der Waals surface area contributed by atoms with Crippen molar-refractivity contribution in [2.75, 3.05) is 0 Å². The van der Waals surface area contributed by atoms with Gasteiger partial charge in [0.25, 0.3) is 0 Å². The molecule has 2 N–H and O–H groups in total. The fourth-order valence-corrected chi connectivity index (χ4v) is 1.74. The van der Waals surface area contributed by atoms with Crippen LogP contribution in [0.1, 0.15) is 18.4 Å². The smallest absolute Gasteiger partial charge is 0.127 e. The molecule has 1 unspecified atom stereocenters. The maximum atomic E-state index is 9.66. The van der Waals surface area contributed by atoms with Crippen molar-refractivity contribution in [3.8, 4) is 17.6 Å². The highest BCUT2D eigenvalue weighted by atomic mass is 16.5. The van der Waals surface area contributed by atoms with E-state index in [2.05, 4.69) is 11.8 Å². The molecule has 20 heavy (non-hydrogen) atoms. The quantitative estimate of drug-likeness (QED) is 0.811. The minimum Gasteiger partial charge on any atom is -0.458 e. The molecule has 1 aromatic rings. The summed E-state index contributed by atoms with van der Waals surface area (Å²) in [5, 5.41) is 19.2. The first-order chi connectivity index (χ1) is 9.63. The van der Waals surface area contributed by atoms with Gasteiger partial charge in [-0.15, -0.1) is 0 Å². The van der Waals surface area contributed by atoms with E-state index in [-0.39, 0.29) is 0 Å². The van der Waals surface area contributed by atoms with Gasteiger partial charge < -0.3 is 14.9 Å². The van der Waals surface area contributed by atoms with Crippen LogP contribution in [-0.4, -0.2) is 22.4 Å². The van der Waals surface area contributed by atoms with Crippen molar-refractivity contribution < 1.29 is 14.9 Å². The Hall–Kier alpha value is -2.02. The highest BCUT2D eigenvalue weighted by molar-refractivity contribution is 5.30. The van der Waals surface area contributed by atoms with Crippen molar-refractivity contribution in [2.45, 2.75) is 32.0 Å². The van der Waals surface area contributed by atoms with Gasteiger partial charge in [0, 0.05) is 12.8 Å². The van der Waals surface area contributed by atoms with Crippen LogP contribution in [0.15, 0.2) is 48.3 Å². The van der Waals surface area contributed by atoms with E-state index in [1.165, 1.54) is 5.56 Å². The van der Waals surface area contributed by atoms with Crippen LogP contribution in [0.4, 0.5) is 0 Å². The first-order valence-electron chi connectivity index (χ1n) is 6.62. The van der Waals surface area contributed by atoms with Gasteiger partial charge >= 0.3 is 0 Å². The van der Waals surface area contributed by atoms with Gasteiger partial charge in [0.1, 0.15) is 23.7 Å². The van der Waals surface area contributed by atoms with E-state index in [1.54, 1.807) is 12.2 Å². The molecule has 1 aliphatic carbocycles. The third-order valence-corrected chi connectivity index (χ3v) is 2.86. The van der Waals surface area contributed by atoms with Crippen molar-refractivity contribution >= 4 is 0 Å². The Morgan fingerprint density at radius 2 is 1.70 bits per heavy atom. The molecule has 0 aromatic heterocycles. The van der Waals surface area contributed by atoms with Crippen LogP contribution in [0.5, 0.6) is 5.75 Å². The molecule has 0 amide bonds. The minimum absolute atomic E-state index is 0.366. The topological polar surface area (TPSA) is 49.7 Å². The summed E-state index contributed by atoms with van der Waals surface area (Å²) in [6.45, 7) is 2.02. The van der Waals surface area contributed by atoms with Crippen LogP contribution in [-0.2, 0) is 0 Å². The monoisotopic (exact) mass is 270 g/mol. The van der Waals surface area contributed by atoms with Crippen LogP contribution in [0.25, 0.3) is 0 Å². The van der Waals surface area contributed by atoms with E-state index in [0.717, 1.165) is 5.75 Å². The number of hydrogen-bond donors (Lipinski definition) is 2. The first kappa shape index (κ1) is 14.4. The van der Waals surface area contributed by atoms with Gasteiger partial charge in [-0.25, -0.2) is 0 Å². The first-order valence-corrected chi connectivity index (χ1v) is 6.62. The Morgan fingerprint density at radius 1 is 1.05 bits per heavy atom. The van der Waals surface area contributed by atoms with Crippen LogP contribution in [0.3, 0.4) is 0 Å². The predicted molar refractivity (Wildman–Crippen MR) is 78.1 cm³/mol. The largest absolute Gasteiger partial charge is 0.458 e. The lowest BCUT2D eigenvalue weighted by Crippen LogP contribution is -2.07. The van der Waals surface area contributed by atoms with E-state index in [1.807, 2.05) is 37.3 Å². The summed E-state index contributed by atoms with van der Waals surface area (Å²) in [5.41, 5.74) is 1.17. The summed E-state index contributed by atoms with van der Waals surface area (Å²) in [4.78, 5) is 0. The van der Waals surface area contributed by atoms with Gasteiger partial charge in [-0.05, 0) is 31.2 Å². The number of aryl methyl sites for hydroxylation is 1. The molecule has 0 saturated heterocycles. The zero-order valence-electron chi connectivity index (χ0n) is 11.4. The summed E-state index contributed by atoms with van der Waals surface area (Å²) in [6.07, 6.45) is 4.65. The normalized spacial score (nSPS) is 26.6. The standard InChI is InChI=1S/C17H18O3/c1-13-5-10-17(11-6-13)20-16-4-2-3-14(18)7-8-15(19)9-12-16/h2,4-6,10-12,14-15,18-19H,3,9H2,1H3/b4-2-,16-12+/t14?,15-/m1/s1. The third kappa shape index (κ3) is 4.58. The van der Waals surface area contributed by atoms with Crippen LogP contribution >= 0.6 is 0 Å². The van der Waals surface area contributed by atoms with Crippen LogP contribution < -0.4 is 4.74 Å². The van der Waals surface area contributed by atoms with E-state index in [0.29, 0.717) is 18.6 Å². The SMILES string of the molecule is Cc1ccc(OC2=C/C[C@H](O)C#CC(O)C/C=C\2)cc1. The molecule has 3 nitrogen and oxygen atoms in total. The second-order valence-corrected chi connectivity index (χ2v) is 4.72. The molecule has 3 heteroatoms. The fraction of sp³-hybridized carbons (Fsp3) is 0.294. The average Bonchev–Trinajstić information content (AvgIpc) is 2.44. The van der Waals surface area contributed by atoms with Gasteiger partial charge in [-0.2, -0.15) is 0 Å². The number of hydrogen-bond acceptors (Lipinski definition) is 3. The van der Waals surface area contributed by atoms with Crippen molar-refractivity contribution in [1.29, 1.82) is 0 Å². The molecule has 0 aliphatic heterocycles. The summed E-state index contributed by atoms with van der Waals surface area (Å²) < 4.78 is 5.76. The molecule has 2 atom stereocenters. The van der Waals surface area contributed by atoms with Crippen LogP contribution in [0.2, 0.25) is 0 Å². The van der Waals surface area contributed by atoms with Crippen molar-refractivity contribution in [3.63, 3.8) is 0 Å². The molecule has 0 radical (unpaired) electrons. The Kier molecular flexibility index (Phi) is 5.00. The van der Waals surface area contributed by atoms with E-state index in [4.69, 9.17) is 4.74 Å². The zero-order chi connectivity index (χ0) is 14.4. The van der Waals surface area contributed by atoms with Crippen molar-refractivity contribution in [3.05, 3.63) is 53.8 Å². The lowest BCUT2D eigenvalue weighted by molar-refractivity contribution is 0.224. The Bertz CT molecular complexity index is 558. The lowest BCUT2D eigenvalue weighted by Gasteiger charge is -2.09. The average molecular weight is 270 g/mol. The Morgan fingerprint density at radius 3 is 2.40 bits per heavy atom. The molecular weight excluding hydrogens is 252 g/mol. The number of allylic oxidation sites excluding steroid dienone is 1. The molecule has 2 rings (SSSR count). The molecule has 0 saturated carbocycles. The molecular formula is C17H18O3.